The third-order valence-corrected chi connectivity index (χ3v) is 7.34. The van der Waals surface area contributed by atoms with Gasteiger partial charge >= 0.3 is 0 Å². The predicted octanol–water partition coefficient (Wildman–Crippen LogP) is 3.09. The van der Waals surface area contributed by atoms with Crippen molar-refractivity contribution in [2.24, 2.45) is 0 Å². The zero-order chi connectivity index (χ0) is 24.6. The van der Waals surface area contributed by atoms with Gasteiger partial charge in [0.05, 0.1) is 10.6 Å². The molecule has 0 radical (unpaired) electrons. The number of carbonyl (C=O) groups is 2. The summed E-state index contributed by atoms with van der Waals surface area (Å²) >= 11 is 0. The molecule has 0 fully saturated rings. The second-order valence-electron chi connectivity index (χ2n) is 7.77. The molecule has 3 aromatic carbocycles. The van der Waals surface area contributed by atoms with Crippen LogP contribution in [0.5, 0.6) is 0 Å². The van der Waals surface area contributed by atoms with Crippen LogP contribution in [0.3, 0.4) is 0 Å². The lowest BCUT2D eigenvalue weighted by Crippen LogP contribution is -2.51. The van der Waals surface area contributed by atoms with Gasteiger partial charge in [0.1, 0.15) is 12.6 Å². The van der Waals surface area contributed by atoms with Crippen LogP contribution in [0.2, 0.25) is 0 Å². The minimum absolute atomic E-state index is 0.0850. The SMILES string of the molecule is CNC(=O)C(C)N(CCc1ccccc1)C(=O)CN(c1ccccc1)S(=O)(=O)c1ccccc1. The molecule has 0 aliphatic heterocycles. The summed E-state index contributed by atoms with van der Waals surface area (Å²) in [5.41, 5.74) is 1.39. The maximum absolute atomic E-state index is 13.5. The molecule has 3 aromatic rings. The van der Waals surface area contributed by atoms with Crippen LogP contribution in [0.25, 0.3) is 0 Å². The van der Waals surface area contributed by atoms with Crippen molar-refractivity contribution in [3.63, 3.8) is 0 Å². The Morgan fingerprint density at radius 1 is 0.853 bits per heavy atom. The summed E-state index contributed by atoms with van der Waals surface area (Å²) in [7, 11) is -2.51. The predicted molar refractivity (Wildman–Crippen MR) is 133 cm³/mol. The van der Waals surface area contributed by atoms with E-state index in [2.05, 4.69) is 5.32 Å². The van der Waals surface area contributed by atoms with Crippen LogP contribution in [0.1, 0.15) is 12.5 Å². The molecule has 0 saturated carbocycles. The Labute approximate surface area is 201 Å². The van der Waals surface area contributed by atoms with Gasteiger partial charge in [-0.05, 0) is 43.2 Å². The van der Waals surface area contributed by atoms with E-state index < -0.39 is 28.5 Å². The number of benzene rings is 3. The molecule has 34 heavy (non-hydrogen) atoms. The molecule has 3 rings (SSSR count). The van der Waals surface area contributed by atoms with Crippen LogP contribution in [0, 0.1) is 0 Å². The third-order valence-electron chi connectivity index (χ3n) is 5.55. The number of rotatable bonds is 10. The normalized spacial score (nSPS) is 11.9. The Kier molecular flexibility index (Phi) is 8.43. The zero-order valence-corrected chi connectivity index (χ0v) is 20.1. The van der Waals surface area contributed by atoms with Gasteiger partial charge in [0.2, 0.25) is 11.8 Å². The summed E-state index contributed by atoms with van der Waals surface area (Å²) in [6, 6.07) is 25.3. The minimum Gasteiger partial charge on any atom is -0.357 e. The Bertz CT molecular complexity index is 1190. The molecule has 2 amide bonds. The van der Waals surface area contributed by atoms with E-state index in [0.717, 1.165) is 9.87 Å². The fourth-order valence-electron chi connectivity index (χ4n) is 3.62. The van der Waals surface area contributed by atoms with Crippen molar-refractivity contribution in [3.8, 4) is 0 Å². The van der Waals surface area contributed by atoms with E-state index >= 15 is 0 Å². The number of likely N-dealkylation sites (N-methyl/N-ethyl adjacent to an activating group) is 1. The smallest absolute Gasteiger partial charge is 0.264 e. The molecule has 0 aliphatic carbocycles. The molecule has 0 aliphatic rings. The highest BCUT2D eigenvalue weighted by molar-refractivity contribution is 7.92. The second-order valence-corrected chi connectivity index (χ2v) is 9.64. The van der Waals surface area contributed by atoms with Gasteiger partial charge in [0, 0.05) is 13.6 Å². The molecular formula is C26H29N3O4S. The van der Waals surface area contributed by atoms with Crippen LogP contribution in [0.4, 0.5) is 5.69 Å². The molecule has 178 valence electrons. The molecular weight excluding hydrogens is 450 g/mol. The highest BCUT2D eigenvalue weighted by atomic mass is 32.2. The fraction of sp³-hybridized carbons (Fsp3) is 0.231. The van der Waals surface area contributed by atoms with Crippen LogP contribution in [0.15, 0.2) is 95.9 Å². The standard InChI is InChI=1S/C26H29N3O4S/c1-21(26(31)27-2)28(19-18-22-12-6-3-7-13-22)25(30)20-29(23-14-8-4-9-15-23)34(32,33)24-16-10-5-11-17-24/h3-17,21H,18-20H2,1-2H3,(H,27,31). The fourth-order valence-corrected chi connectivity index (χ4v) is 5.06. The van der Waals surface area contributed by atoms with Crippen molar-refractivity contribution >= 4 is 27.5 Å². The van der Waals surface area contributed by atoms with Crippen LogP contribution < -0.4 is 9.62 Å². The van der Waals surface area contributed by atoms with Gasteiger partial charge in [-0.3, -0.25) is 13.9 Å². The monoisotopic (exact) mass is 479 g/mol. The quantitative estimate of drug-likeness (QED) is 0.484. The van der Waals surface area contributed by atoms with Crippen molar-refractivity contribution < 1.29 is 18.0 Å². The minimum atomic E-state index is -4.02. The largest absolute Gasteiger partial charge is 0.357 e. The first-order valence-electron chi connectivity index (χ1n) is 11.0. The lowest BCUT2D eigenvalue weighted by molar-refractivity contribution is -0.138. The second kappa shape index (κ2) is 11.5. The lowest BCUT2D eigenvalue weighted by atomic mass is 10.1. The van der Waals surface area contributed by atoms with Gasteiger partial charge in [-0.1, -0.05) is 66.7 Å². The molecule has 1 N–H and O–H groups in total. The summed E-state index contributed by atoms with van der Waals surface area (Å²) in [6.45, 7) is 1.48. The average Bonchev–Trinajstić information content (AvgIpc) is 2.88. The summed E-state index contributed by atoms with van der Waals surface area (Å²) in [4.78, 5) is 27.5. The van der Waals surface area contributed by atoms with Gasteiger partial charge in [0.25, 0.3) is 10.0 Å². The van der Waals surface area contributed by atoms with E-state index in [9.17, 15) is 18.0 Å². The van der Waals surface area contributed by atoms with E-state index in [0.29, 0.717) is 12.1 Å². The van der Waals surface area contributed by atoms with E-state index in [1.807, 2.05) is 30.3 Å². The summed E-state index contributed by atoms with van der Waals surface area (Å²) in [6.07, 6.45) is 0.532. The topological polar surface area (TPSA) is 86.8 Å². The van der Waals surface area contributed by atoms with Gasteiger partial charge in [0.15, 0.2) is 0 Å². The lowest BCUT2D eigenvalue weighted by Gasteiger charge is -2.31. The molecule has 0 saturated heterocycles. The van der Waals surface area contributed by atoms with Crippen molar-refractivity contribution in [1.82, 2.24) is 10.2 Å². The number of nitrogens with one attached hydrogen (secondary N) is 1. The molecule has 0 spiro atoms. The van der Waals surface area contributed by atoms with E-state index in [-0.39, 0.29) is 17.3 Å². The highest BCUT2D eigenvalue weighted by Crippen LogP contribution is 2.24. The van der Waals surface area contributed by atoms with Gasteiger partial charge in [-0.2, -0.15) is 0 Å². The number of sulfonamides is 1. The number of amides is 2. The van der Waals surface area contributed by atoms with Crippen molar-refractivity contribution in [2.45, 2.75) is 24.3 Å². The van der Waals surface area contributed by atoms with Crippen LogP contribution >= 0.6 is 0 Å². The summed E-state index contributed by atoms with van der Waals surface area (Å²) in [5.74, 6) is -0.783. The number of carbonyl (C=O) groups excluding carboxylic acids is 2. The van der Waals surface area contributed by atoms with Crippen LogP contribution in [-0.4, -0.2) is 51.3 Å². The molecule has 0 aromatic heterocycles. The summed E-state index contributed by atoms with van der Waals surface area (Å²) in [5, 5.41) is 2.57. The first kappa shape index (κ1) is 25.0. The molecule has 8 heteroatoms. The summed E-state index contributed by atoms with van der Waals surface area (Å²) < 4.78 is 28.1. The first-order valence-corrected chi connectivity index (χ1v) is 12.5. The van der Waals surface area contributed by atoms with Crippen molar-refractivity contribution in [3.05, 3.63) is 96.6 Å². The van der Waals surface area contributed by atoms with E-state index in [4.69, 9.17) is 0 Å². The molecule has 7 nitrogen and oxygen atoms in total. The maximum atomic E-state index is 13.5. The van der Waals surface area contributed by atoms with Gasteiger partial charge in [-0.25, -0.2) is 8.42 Å². The van der Waals surface area contributed by atoms with Crippen molar-refractivity contribution in [1.29, 1.82) is 0 Å². The Morgan fingerprint density at radius 2 is 1.38 bits per heavy atom. The molecule has 1 atom stereocenters. The Balaban J connectivity index is 1.93. The molecule has 0 bridgehead atoms. The highest BCUT2D eigenvalue weighted by Gasteiger charge is 2.31. The Hall–Kier alpha value is -3.65. The first-order chi connectivity index (χ1) is 16.3. The average molecular weight is 480 g/mol. The van der Waals surface area contributed by atoms with E-state index in [1.165, 1.54) is 24.1 Å². The zero-order valence-electron chi connectivity index (χ0n) is 19.3. The maximum Gasteiger partial charge on any atom is 0.264 e. The van der Waals surface area contributed by atoms with Gasteiger partial charge < -0.3 is 10.2 Å². The van der Waals surface area contributed by atoms with E-state index in [1.54, 1.807) is 55.5 Å². The third kappa shape index (κ3) is 6.02. The van der Waals surface area contributed by atoms with Crippen molar-refractivity contribution in [2.75, 3.05) is 24.4 Å². The number of para-hydroxylation sites is 1. The molecule has 0 heterocycles. The number of nitrogens with zero attached hydrogens (tertiary/aromatic N) is 2. The number of anilines is 1. The number of hydrogen-bond donors (Lipinski definition) is 1. The van der Waals surface area contributed by atoms with Crippen LogP contribution in [-0.2, 0) is 26.0 Å². The van der Waals surface area contributed by atoms with Gasteiger partial charge in [-0.15, -0.1) is 0 Å². The number of hydrogen-bond acceptors (Lipinski definition) is 4. The molecule has 1 unspecified atom stereocenters. The Morgan fingerprint density at radius 3 is 1.94 bits per heavy atom.